The molecule has 0 fully saturated rings. The summed E-state index contributed by atoms with van der Waals surface area (Å²) in [5.41, 5.74) is 1.90. The maximum atomic E-state index is 14.1. The van der Waals surface area contributed by atoms with Crippen LogP contribution < -0.4 is 19.1 Å². The van der Waals surface area contributed by atoms with Crippen LogP contribution in [0.25, 0.3) is 0 Å². The van der Waals surface area contributed by atoms with Crippen molar-refractivity contribution in [3.05, 3.63) is 83.7 Å². The number of sulfonamides is 1. The molecule has 0 spiro atoms. The van der Waals surface area contributed by atoms with Gasteiger partial charge >= 0.3 is 0 Å². The molecule has 0 heterocycles. The molecule has 0 unspecified atom stereocenters. The number of hydrogen-bond acceptors (Lipinski definition) is 6. The number of rotatable bonds is 14. The number of nitrogens with zero attached hydrogens (tertiary/aromatic N) is 2. The van der Waals surface area contributed by atoms with Crippen LogP contribution in [0.2, 0.25) is 0 Å². The number of methoxy groups -OCH3 is 2. The van der Waals surface area contributed by atoms with Crippen molar-refractivity contribution in [3.8, 4) is 11.5 Å². The van der Waals surface area contributed by atoms with E-state index in [-0.39, 0.29) is 34.8 Å². The number of carbonyl (C=O) groups is 2. The van der Waals surface area contributed by atoms with E-state index in [0.29, 0.717) is 18.6 Å². The van der Waals surface area contributed by atoms with Crippen molar-refractivity contribution in [1.29, 1.82) is 0 Å². The topological polar surface area (TPSA) is 105 Å². The molecule has 2 atom stereocenters. The van der Waals surface area contributed by atoms with E-state index in [0.717, 1.165) is 27.6 Å². The number of hydrogen-bond donors (Lipinski definition) is 1. The van der Waals surface area contributed by atoms with E-state index >= 15 is 0 Å². The molecule has 0 radical (unpaired) electrons. The molecule has 0 aliphatic carbocycles. The third kappa shape index (κ3) is 8.25. The van der Waals surface area contributed by atoms with Crippen LogP contribution in [0.15, 0.2) is 71.6 Å². The monoisotopic (exact) mass is 613 g/mol. The number of halogens is 1. The van der Waals surface area contributed by atoms with Crippen LogP contribution in [-0.4, -0.2) is 58.0 Å². The Bertz CT molecular complexity index is 1500. The van der Waals surface area contributed by atoms with E-state index in [9.17, 15) is 22.4 Å². The van der Waals surface area contributed by atoms with Gasteiger partial charge in [-0.05, 0) is 68.7 Å². The highest BCUT2D eigenvalue weighted by Crippen LogP contribution is 2.32. The van der Waals surface area contributed by atoms with Gasteiger partial charge in [0.25, 0.3) is 10.0 Å². The zero-order chi connectivity index (χ0) is 31.7. The molecule has 43 heavy (non-hydrogen) atoms. The van der Waals surface area contributed by atoms with Crippen molar-refractivity contribution >= 4 is 27.5 Å². The molecule has 3 aromatic rings. The second-order valence-electron chi connectivity index (χ2n) is 10.3. The Balaban J connectivity index is 2.09. The molecule has 0 bridgehead atoms. The first kappa shape index (κ1) is 33.4. The quantitative estimate of drug-likeness (QED) is 0.272. The van der Waals surface area contributed by atoms with Gasteiger partial charge in [0.05, 0.1) is 24.8 Å². The van der Waals surface area contributed by atoms with Gasteiger partial charge in [-0.25, -0.2) is 12.8 Å². The highest BCUT2D eigenvalue weighted by Gasteiger charge is 2.34. The molecule has 11 heteroatoms. The Labute approximate surface area is 253 Å². The fourth-order valence-electron chi connectivity index (χ4n) is 4.49. The van der Waals surface area contributed by atoms with Crippen LogP contribution in [0.5, 0.6) is 11.5 Å². The smallest absolute Gasteiger partial charge is 0.264 e. The zero-order valence-corrected chi connectivity index (χ0v) is 26.3. The van der Waals surface area contributed by atoms with Gasteiger partial charge in [0.1, 0.15) is 18.4 Å². The van der Waals surface area contributed by atoms with Gasteiger partial charge in [0, 0.05) is 18.7 Å². The lowest BCUT2D eigenvalue weighted by Crippen LogP contribution is -2.53. The lowest BCUT2D eigenvalue weighted by Gasteiger charge is -2.33. The second kappa shape index (κ2) is 14.9. The Hall–Kier alpha value is -4.12. The summed E-state index contributed by atoms with van der Waals surface area (Å²) in [4.78, 5) is 28.8. The third-order valence-electron chi connectivity index (χ3n) is 7.20. The van der Waals surface area contributed by atoms with Gasteiger partial charge in [0.2, 0.25) is 11.8 Å². The lowest BCUT2D eigenvalue weighted by atomic mass is 10.1. The zero-order valence-electron chi connectivity index (χ0n) is 25.5. The number of anilines is 1. The average Bonchev–Trinajstić information content (AvgIpc) is 3.00. The molecule has 0 aliphatic rings. The van der Waals surface area contributed by atoms with Gasteiger partial charge in [-0.3, -0.25) is 13.9 Å². The summed E-state index contributed by atoms with van der Waals surface area (Å²) in [7, 11) is -1.57. The van der Waals surface area contributed by atoms with Crippen LogP contribution in [0.1, 0.15) is 44.7 Å². The molecule has 0 saturated carbocycles. The van der Waals surface area contributed by atoms with Crippen molar-refractivity contribution in [2.75, 3.05) is 25.1 Å². The van der Waals surface area contributed by atoms with Crippen molar-refractivity contribution in [2.45, 2.75) is 64.1 Å². The van der Waals surface area contributed by atoms with E-state index in [1.165, 1.54) is 49.5 Å². The molecule has 2 amide bonds. The van der Waals surface area contributed by atoms with Crippen LogP contribution in [0.3, 0.4) is 0 Å². The highest BCUT2D eigenvalue weighted by atomic mass is 32.2. The molecule has 0 aliphatic heterocycles. The molecule has 232 valence electrons. The van der Waals surface area contributed by atoms with Gasteiger partial charge in [-0.15, -0.1) is 0 Å². The van der Waals surface area contributed by atoms with E-state index in [2.05, 4.69) is 5.32 Å². The minimum Gasteiger partial charge on any atom is -0.493 e. The summed E-state index contributed by atoms with van der Waals surface area (Å²) >= 11 is 0. The Kier molecular flexibility index (Phi) is 11.5. The van der Waals surface area contributed by atoms with Gasteiger partial charge in [-0.1, -0.05) is 43.7 Å². The number of ether oxygens (including phenoxy) is 2. The third-order valence-corrected chi connectivity index (χ3v) is 8.97. The van der Waals surface area contributed by atoms with Crippen LogP contribution in [0, 0.1) is 12.7 Å². The van der Waals surface area contributed by atoms with Crippen molar-refractivity contribution < 1.29 is 31.9 Å². The number of nitrogens with one attached hydrogen (secondary N) is 1. The predicted octanol–water partition coefficient (Wildman–Crippen LogP) is 5.07. The summed E-state index contributed by atoms with van der Waals surface area (Å²) < 4.78 is 53.5. The van der Waals surface area contributed by atoms with E-state index < -0.39 is 34.3 Å². The lowest BCUT2D eigenvalue weighted by molar-refractivity contribution is -0.140. The minimum atomic E-state index is -4.38. The maximum absolute atomic E-state index is 14.1. The Morgan fingerprint density at radius 3 is 2.09 bits per heavy atom. The first-order valence-electron chi connectivity index (χ1n) is 14.1. The largest absolute Gasteiger partial charge is 0.493 e. The fourth-order valence-corrected chi connectivity index (χ4v) is 5.92. The van der Waals surface area contributed by atoms with Crippen LogP contribution in [0.4, 0.5) is 10.1 Å². The molecule has 0 aromatic heterocycles. The number of aryl methyl sites for hydroxylation is 1. The van der Waals surface area contributed by atoms with Crippen LogP contribution in [-0.2, 0) is 26.2 Å². The SMILES string of the molecule is CC[C@@H](C)NC(=O)[C@H](CC)N(Cc1ccc(C)cc1)C(=O)CN(c1ccc(F)cc1)S(=O)(=O)c1ccc(OC)c(OC)c1. The summed E-state index contributed by atoms with van der Waals surface area (Å²) in [5, 5.41) is 2.95. The highest BCUT2D eigenvalue weighted by molar-refractivity contribution is 7.92. The van der Waals surface area contributed by atoms with Gasteiger partial charge < -0.3 is 19.7 Å². The standard InChI is InChI=1S/C32H40FN3O6S/c1-7-23(4)34-32(38)28(8-2)35(20-24-11-9-22(3)10-12-24)31(37)21-36(26-15-13-25(33)14-16-26)43(39,40)27-17-18-29(41-5)30(19-27)42-6/h9-19,23,28H,7-8,20-21H2,1-6H3,(H,34,38)/t23-,28+/m1/s1. The molecule has 1 N–H and O–H groups in total. The molecule has 9 nitrogen and oxygen atoms in total. The fraction of sp³-hybridized carbons (Fsp3) is 0.375. The number of benzene rings is 3. The van der Waals surface area contributed by atoms with Gasteiger partial charge in [0.15, 0.2) is 11.5 Å². The Morgan fingerprint density at radius 2 is 1.53 bits per heavy atom. The first-order valence-corrected chi connectivity index (χ1v) is 15.5. The molecular formula is C32H40FN3O6S. The van der Waals surface area contributed by atoms with Crippen molar-refractivity contribution in [3.63, 3.8) is 0 Å². The average molecular weight is 614 g/mol. The van der Waals surface area contributed by atoms with Gasteiger partial charge in [-0.2, -0.15) is 0 Å². The molecule has 3 rings (SSSR count). The number of amides is 2. The molecule has 0 saturated heterocycles. The molecular weight excluding hydrogens is 573 g/mol. The molecule has 3 aromatic carbocycles. The summed E-state index contributed by atoms with van der Waals surface area (Å²) in [5.74, 6) is -0.975. The summed E-state index contributed by atoms with van der Waals surface area (Å²) in [6, 6.07) is 15.5. The minimum absolute atomic E-state index is 0.0805. The second-order valence-corrected chi connectivity index (χ2v) is 12.1. The van der Waals surface area contributed by atoms with Crippen LogP contribution >= 0.6 is 0 Å². The van der Waals surface area contributed by atoms with E-state index in [1.54, 1.807) is 6.92 Å². The normalized spacial score (nSPS) is 12.6. The first-order chi connectivity index (χ1) is 20.4. The van der Waals surface area contributed by atoms with Crippen molar-refractivity contribution in [1.82, 2.24) is 10.2 Å². The summed E-state index contributed by atoms with van der Waals surface area (Å²) in [6.07, 6.45) is 1.01. The Morgan fingerprint density at radius 1 is 0.907 bits per heavy atom. The van der Waals surface area contributed by atoms with E-state index in [4.69, 9.17) is 9.47 Å². The predicted molar refractivity (Wildman–Crippen MR) is 164 cm³/mol. The maximum Gasteiger partial charge on any atom is 0.264 e. The van der Waals surface area contributed by atoms with Crippen molar-refractivity contribution in [2.24, 2.45) is 0 Å². The summed E-state index contributed by atoms with van der Waals surface area (Å²) in [6.45, 7) is 7.01. The number of carbonyl (C=O) groups excluding carboxylic acids is 2. The van der Waals surface area contributed by atoms with E-state index in [1.807, 2.05) is 45.0 Å².